The molecule has 1 amide bonds. The molecule has 0 aliphatic carbocycles. The summed E-state index contributed by atoms with van der Waals surface area (Å²) in [5, 5.41) is 6.72. The first-order chi connectivity index (χ1) is 8.58. The van der Waals surface area contributed by atoms with Crippen LogP contribution in [-0.2, 0) is 11.2 Å². The maximum absolute atomic E-state index is 11.5. The van der Waals surface area contributed by atoms with Crippen LogP contribution < -0.4 is 10.6 Å². The third-order valence-corrected chi connectivity index (χ3v) is 2.70. The molecule has 0 saturated heterocycles. The molecule has 2 N–H and O–H groups in total. The summed E-state index contributed by atoms with van der Waals surface area (Å²) in [6.07, 6.45) is 0.802. The molecule has 0 spiro atoms. The zero-order chi connectivity index (χ0) is 13.4. The molecule has 0 radical (unpaired) electrons. The number of rotatable bonds is 7. The lowest BCUT2D eigenvalue weighted by Gasteiger charge is -2.08. The van der Waals surface area contributed by atoms with Crippen LogP contribution >= 0.6 is 11.6 Å². The van der Waals surface area contributed by atoms with Crippen molar-refractivity contribution in [2.45, 2.75) is 20.3 Å². The molecule has 0 atom stereocenters. The first-order valence-electron chi connectivity index (χ1n) is 6.30. The molecule has 18 heavy (non-hydrogen) atoms. The van der Waals surface area contributed by atoms with Crippen LogP contribution in [0.4, 0.5) is 0 Å². The quantitative estimate of drug-likeness (QED) is 0.796. The standard InChI is InChI=1S/C14H21ClN2O/c1-11(2)9-16-10-14(18)17-7-6-12-4-3-5-13(15)8-12/h3-5,8,11,16H,6-7,9-10H2,1-2H3,(H,17,18). The molecule has 1 aromatic rings. The summed E-state index contributed by atoms with van der Waals surface area (Å²) < 4.78 is 0. The van der Waals surface area contributed by atoms with Gasteiger partial charge in [0, 0.05) is 11.6 Å². The Labute approximate surface area is 114 Å². The maximum atomic E-state index is 11.5. The van der Waals surface area contributed by atoms with Crippen molar-refractivity contribution in [1.29, 1.82) is 0 Å². The fraction of sp³-hybridized carbons (Fsp3) is 0.500. The van der Waals surface area contributed by atoms with E-state index in [0.717, 1.165) is 23.6 Å². The third-order valence-electron chi connectivity index (χ3n) is 2.46. The highest BCUT2D eigenvalue weighted by atomic mass is 35.5. The third kappa shape index (κ3) is 6.62. The summed E-state index contributed by atoms with van der Waals surface area (Å²) in [5.41, 5.74) is 1.14. The van der Waals surface area contributed by atoms with Gasteiger partial charge in [-0.1, -0.05) is 37.6 Å². The smallest absolute Gasteiger partial charge is 0.233 e. The SMILES string of the molecule is CC(C)CNCC(=O)NCCc1cccc(Cl)c1. The van der Waals surface area contributed by atoms with Crippen LogP contribution in [0.25, 0.3) is 0 Å². The highest BCUT2D eigenvalue weighted by molar-refractivity contribution is 6.30. The van der Waals surface area contributed by atoms with E-state index in [-0.39, 0.29) is 5.91 Å². The molecule has 0 unspecified atom stereocenters. The molecule has 0 saturated carbocycles. The zero-order valence-corrected chi connectivity index (χ0v) is 11.8. The average molecular weight is 269 g/mol. The van der Waals surface area contributed by atoms with Gasteiger partial charge < -0.3 is 10.6 Å². The fourth-order valence-corrected chi connectivity index (χ4v) is 1.79. The molecule has 0 aromatic heterocycles. The Hall–Kier alpha value is -1.06. The predicted molar refractivity (Wildman–Crippen MR) is 75.9 cm³/mol. The van der Waals surface area contributed by atoms with E-state index in [2.05, 4.69) is 24.5 Å². The lowest BCUT2D eigenvalue weighted by molar-refractivity contribution is -0.120. The normalized spacial score (nSPS) is 10.7. The Bertz CT molecular complexity index is 380. The van der Waals surface area contributed by atoms with E-state index >= 15 is 0 Å². The minimum absolute atomic E-state index is 0.0395. The molecule has 1 aromatic carbocycles. The van der Waals surface area contributed by atoms with Crippen LogP contribution in [0.5, 0.6) is 0 Å². The van der Waals surface area contributed by atoms with Crippen LogP contribution in [0.15, 0.2) is 24.3 Å². The Kier molecular flexibility index (Phi) is 6.76. The number of hydrogen-bond acceptors (Lipinski definition) is 2. The summed E-state index contributed by atoms with van der Waals surface area (Å²) in [6, 6.07) is 7.70. The Balaban J connectivity index is 2.15. The summed E-state index contributed by atoms with van der Waals surface area (Å²) in [7, 11) is 0. The predicted octanol–water partition coefficient (Wildman–Crippen LogP) is 2.24. The molecule has 0 heterocycles. The maximum Gasteiger partial charge on any atom is 0.233 e. The number of halogens is 1. The Morgan fingerprint density at radius 1 is 1.39 bits per heavy atom. The fourth-order valence-electron chi connectivity index (χ4n) is 1.58. The van der Waals surface area contributed by atoms with E-state index in [0.29, 0.717) is 19.0 Å². The van der Waals surface area contributed by atoms with Gasteiger partial charge in [-0.15, -0.1) is 0 Å². The number of hydrogen-bond donors (Lipinski definition) is 2. The van der Waals surface area contributed by atoms with Crippen molar-refractivity contribution in [3.8, 4) is 0 Å². The molecular weight excluding hydrogens is 248 g/mol. The van der Waals surface area contributed by atoms with Crippen LogP contribution in [0.2, 0.25) is 5.02 Å². The van der Waals surface area contributed by atoms with Crippen molar-refractivity contribution in [2.24, 2.45) is 5.92 Å². The Morgan fingerprint density at radius 3 is 2.83 bits per heavy atom. The molecular formula is C14H21ClN2O. The second kappa shape index (κ2) is 8.11. The average Bonchev–Trinajstić information content (AvgIpc) is 2.28. The molecule has 0 fully saturated rings. The number of benzene rings is 1. The lowest BCUT2D eigenvalue weighted by Crippen LogP contribution is -2.36. The van der Waals surface area contributed by atoms with Crippen molar-refractivity contribution >= 4 is 17.5 Å². The van der Waals surface area contributed by atoms with E-state index in [1.165, 1.54) is 0 Å². The number of nitrogens with one attached hydrogen (secondary N) is 2. The monoisotopic (exact) mass is 268 g/mol. The second-order valence-electron chi connectivity index (χ2n) is 4.75. The van der Waals surface area contributed by atoms with E-state index < -0.39 is 0 Å². The van der Waals surface area contributed by atoms with Gasteiger partial charge in [0.25, 0.3) is 0 Å². The van der Waals surface area contributed by atoms with Gasteiger partial charge in [0.2, 0.25) is 5.91 Å². The van der Waals surface area contributed by atoms with E-state index in [4.69, 9.17) is 11.6 Å². The molecule has 3 nitrogen and oxygen atoms in total. The topological polar surface area (TPSA) is 41.1 Å². The molecule has 4 heteroatoms. The minimum atomic E-state index is 0.0395. The minimum Gasteiger partial charge on any atom is -0.355 e. The zero-order valence-electron chi connectivity index (χ0n) is 11.0. The van der Waals surface area contributed by atoms with Gasteiger partial charge in [-0.25, -0.2) is 0 Å². The first kappa shape index (κ1) is 15.0. The van der Waals surface area contributed by atoms with Crippen molar-refractivity contribution in [3.05, 3.63) is 34.9 Å². The van der Waals surface area contributed by atoms with Crippen LogP contribution in [0.1, 0.15) is 19.4 Å². The molecule has 1 rings (SSSR count). The van der Waals surface area contributed by atoms with Crippen LogP contribution in [0.3, 0.4) is 0 Å². The van der Waals surface area contributed by atoms with Crippen molar-refractivity contribution < 1.29 is 4.79 Å². The van der Waals surface area contributed by atoms with Crippen LogP contribution in [0, 0.1) is 5.92 Å². The molecule has 100 valence electrons. The molecule has 0 aliphatic heterocycles. The van der Waals surface area contributed by atoms with Gasteiger partial charge in [-0.3, -0.25) is 4.79 Å². The first-order valence-corrected chi connectivity index (χ1v) is 6.67. The lowest BCUT2D eigenvalue weighted by atomic mass is 10.1. The summed E-state index contributed by atoms with van der Waals surface area (Å²) in [4.78, 5) is 11.5. The number of carbonyl (C=O) groups excluding carboxylic acids is 1. The Morgan fingerprint density at radius 2 is 2.17 bits per heavy atom. The van der Waals surface area contributed by atoms with Crippen molar-refractivity contribution in [2.75, 3.05) is 19.6 Å². The van der Waals surface area contributed by atoms with Crippen molar-refractivity contribution in [3.63, 3.8) is 0 Å². The summed E-state index contributed by atoms with van der Waals surface area (Å²) in [5.74, 6) is 0.599. The highest BCUT2D eigenvalue weighted by Crippen LogP contribution is 2.10. The second-order valence-corrected chi connectivity index (χ2v) is 5.19. The van der Waals surface area contributed by atoms with Gasteiger partial charge in [0.05, 0.1) is 6.54 Å². The van der Waals surface area contributed by atoms with Gasteiger partial charge in [-0.05, 0) is 36.6 Å². The molecule has 0 aliphatic rings. The van der Waals surface area contributed by atoms with Crippen molar-refractivity contribution in [1.82, 2.24) is 10.6 Å². The van der Waals surface area contributed by atoms with Gasteiger partial charge in [0.15, 0.2) is 0 Å². The van der Waals surface area contributed by atoms with Crippen LogP contribution in [-0.4, -0.2) is 25.5 Å². The van der Waals surface area contributed by atoms with Gasteiger partial charge in [0.1, 0.15) is 0 Å². The summed E-state index contributed by atoms with van der Waals surface area (Å²) >= 11 is 5.89. The van der Waals surface area contributed by atoms with E-state index in [1.54, 1.807) is 0 Å². The molecule has 0 bridgehead atoms. The van der Waals surface area contributed by atoms with E-state index in [1.807, 2.05) is 24.3 Å². The van der Waals surface area contributed by atoms with Gasteiger partial charge in [-0.2, -0.15) is 0 Å². The highest BCUT2D eigenvalue weighted by Gasteiger charge is 2.01. The van der Waals surface area contributed by atoms with E-state index in [9.17, 15) is 4.79 Å². The number of amides is 1. The number of carbonyl (C=O) groups is 1. The summed E-state index contributed by atoms with van der Waals surface area (Å²) in [6.45, 7) is 6.12. The van der Waals surface area contributed by atoms with Gasteiger partial charge >= 0.3 is 0 Å². The largest absolute Gasteiger partial charge is 0.355 e.